The molecule has 0 radical (unpaired) electrons. The van der Waals surface area contributed by atoms with Crippen molar-refractivity contribution >= 4 is 17.4 Å². The summed E-state index contributed by atoms with van der Waals surface area (Å²) in [5.74, 6) is 0.0508. The van der Waals surface area contributed by atoms with E-state index in [9.17, 15) is 14.4 Å². The maximum absolute atomic E-state index is 13.1. The van der Waals surface area contributed by atoms with Crippen molar-refractivity contribution in [3.05, 3.63) is 20.8 Å². The van der Waals surface area contributed by atoms with Gasteiger partial charge in [0.1, 0.15) is 18.1 Å². The van der Waals surface area contributed by atoms with E-state index < -0.39 is 11.2 Å². The lowest BCUT2D eigenvalue weighted by atomic mass is 10.1. The van der Waals surface area contributed by atoms with E-state index in [2.05, 4.69) is 5.32 Å². The molecule has 0 bridgehead atoms. The number of nitrogen functional groups attached to an aromatic ring is 1. The highest BCUT2D eigenvalue weighted by molar-refractivity contribution is 5.76. The van der Waals surface area contributed by atoms with Crippen molar-refractivity contribution in [2.75, 3.05) is 36.9 Å². The molecule has 158 valence electrons. The number of hydrogen-bond acceptors (Lipinski definition) is 6. The summed E-state index contributed by atoms with van der Waals surface area (Å²) in [5.41, 5.74) is 5.46. The molecule has 2 rings (SSSR count). The summed E-state index contributed by atoms with van der Waals surface area (Å²) in [4.78, 5) is 40.3. The maximum atomic E-state index is 13.1. The predicted molar refractivity (Wildman–Crippen MR) is 110 cm³/mol. The normalized spacial score (nSPS) is 15.7. The van der Waals surface area contributed by atoms with E-state index in [1.165, 1.54) is 4.57 Å². The van der Waals surface area contributed by atoms with Gasteiger partial charge in [-0.25, -0.2) is 9.36 Å². The Morgan fingerprint density at radius 3 is 2.39 bits per heavy atom. The van der Waals surface area contributed by atoms with Crippen molar-refractivity contribution in [3.63, 3.8) is 0 Å². The molecule has 0 saturated carbocycles. The van der Waals surface area contributed by atoms with E-state index in [1.807, 2.05) is 32.6 Å². The van der Waals surface area contributed by atoms with Crippen molar-refractivity contribution in [2.45, 2.75) is 59.7 Å². The number of ether oxygens (including phenoxy) is 1. The Balaban J connectivity index is 2.46. The average molecular weight is 396 g/mol. The summed E-state index contributed by atoms with van der Waals surface area (Å²) >= 11 is 0. The first-order valence-corrected chi connectivity index (χ1v) is 10.0. The predicted octanol–water partition coefficient (Wildman–Crippen LogP) is 0.390. The number of morpholine rings is 1. The number of aromatic nitrogens is 2. The maximum Gasteiger partial charge on any atom is 0.333 e. The van der Waals surface area contributed by atoms with Crippen LogP contribution in [-0.2, 0) is 22.6 Å². The second kappa shape index (κ2) is 9.77. The van der Waals surface area contributed by atoms with Gasteiger partial charge in [0.05, 0.1) is 13.2 Å². The van der Waals surface area contributed by atoms with Crippen LogP contribution >= 0.6 is 0 Å². The third-order valence-electron chi connectivity index (χ3n) is 5.20. The van der Waals surface area contributed by atoms with Gasteiger partial charge in [0.25, 0.3) is 5.56 Å². The number of carbonyl (C=O) groups excluding carboxylic acids is 1. The van der Waals surface area contributed by atoms with Crippen molar-refractivity contribution in [1.82, 2.24) is 14.5 Å². The summed E-state index contributed by atoms with van der Waals surface area (Å²) in [6, 6.07) is -0.0574. The number of carbonyl (C=O) groups is 1. The zero-order chi connectivity index (χ0) is 20.8. The molecule has 9 nitrogen and oxygen atoms in total. The van der Waals surface area contributed by atoms with E-state index in [-0.39, 0.29) is 35.9 Å². The zero-order valence-electron chi connectivity index (χ0n) is 17.4. The van der Waals surface area contributed by atoms with Crippen LogP contribution in [0.25, 0.3) is 0 Å². The first-order valence-electron chi connectivity index (χ1n) is 10.0. The van der Waals surface area contributed by atoms with Crippen LogP contribution in [0.2, 0.25) is 0 Å². The number of rotatable bonds is 8. The Labute approximate surface area is 165 Å². The van der Waals surface area contributed by atoms with Crippen LogP contribution in [0, 0.1) is 5.92 Å². The van der Waals surface area contributed by atoms with Crippen LogP contribution < -0.4 is 27.2 Å². The standard InChI is InChI=1S/C19H33N5O4/c1-5-6-7-23-17(20)16(22-8-10-28-11-9-22)18(26)24(19(23)27)12-15(25)21-14(4)13(2)3/h13-14H,5-12,20H2,1-4H3,(H,21,25)/t14-/m0/s1. The highest BCUT2D eigenvalue weighted by Crippen LogP contribution is 2.18. The van der Waals surface area contributed by atoms with E-state index >= 15 is 0 Å². The molecule has 9 heteroatoms. The van der Waals surface area contributed by atoms with Crippen LogP contribution in [0.5, 0.6) is 0 Å². The van der Waals surface area contributed by atoms with Gasteiger partial charge in [-0.05, 0) is 19.3 Å². The number of amides is 1. The average Bonchev–Trinajstić information content (AvgIpc) is 2.66. The molecule has 1 amide bonds. The topological polar surface area (TPSA) is 112 Å². The third-order valence-corrected chi connectivity index (χ3v) is 5.20. The lowest BCUT2D eigenvalue weighted by molar-refractivity contribution is -0.122. The second-order valence-corrected chi connectivity index (χ2v) is 7.61. The lowest BCUT2D eigenvalue weighted by Gasteiger charge is -2.30. The number of nitrogens with two attached hydrogens (primary N) is 1. The van der Waals surface area contributed by atoms with Gasteiger partial charge in [-0.3, -0.25) is 14.2 Å². The highest BCUT2D eigenvalue weighted by atomic mass is 16.5. The van der Waals surface area contributed by atoms with E-state index in [1.54, 1.807) is 0 Å². The molecular formula is C19H33N5O4. The Morgan fingerprint density at radius 2 is 1.82 bits per heavy atom. The molecule has 28 heavy (non-hydrogen) atoms. The first kappa shape index (κ1) is 22.0. The Morgan fingerprint density at radius 1 is 1.18 bits per heavy atom. The van der Waals surface area contributed by atoms with Gasteiger partial charge in [-0.15, -0.1) is 0 Å². The fourth-order valence-corrected chi connectivity index (χ4v) is 3.07. The molecule has 1 atom stereocenters. The number of hydrogen-bond donors (Lipinski definition) is 2. The molecule has 0 aromatic carbocycles. The Bertz CT molecular complexity index is 793. The summed E-state index contributed by atoms with van der Waals surface area (Å²) in [6.45, 7) is 9.99. The minimum absolute atomic E-state index is 0.0574. The van der Waals surface area contributed by atoms with Crippen LogP contribution in [0.15, 0.2) is 9.59 Å². The molecule has 1 saturated heterocycles. The molecule has 1 fully saturated rings. The van der Waals surface area contributed by atoms with Gasteiger partial charge in [-0.1, -0.05) is 27.2 Å². The van der Waals surface area contributed by atoms with Crippen LogP contribution in [0.1, 0.15) is 40.5 Å². The first-order chi connectivity index (χ1) is 13.3. The van der Waals surface area contributed by atoms with Crippen molar-refractivity contribution in [2.24, 2.45) is 5.92 Å². The molecule has 2 heterocycles. The van der Waals surface area contributed by atoms with Gasteiger partial charge >= 0.3 is 5.69 Å². The van der Waals surface area contributed by atoms with Crippen LogP contribution in [0.3, 0.4) is 0 Å². The SMILES string of the molecule is CCCCn1c(N)c(N2CCOCC2)c(=O)n(CC(=O)N[C@@H](C)C(C)C)c1=O. The van der Waals surface area contributed by atoms with Crippen molar-refractivity contribution in [3.8, 4) is 0 Å². The van der Waals surface area contributed by atoms with Crippen LogP contribution in [0.4, 0.5) is 11.5 Å². The minimum atomic E-state index is -0.541. The molecule has 3 N–H and O–H groups in total. The monoisotopic (exact) mass is 395 g/mol. The largest absolute Gasteiger partial charge is 0.383 e. The molecule has 0 unspecified atom stereocenters. The van der Waals surface area contributed by atoms with E-state index in [0.29, 0.717) is 32.8 Å². The summed E-state index contributed by atoms with van der Waals surface area (Å²) in [5, 5.41) is 2.85. The fraction of sp³-hybridized carbons (Fsp3) is 0.737. The number of unbranched alkanes of at least 4 members (excludes halogenated alkanes) is 1. The smallest absolute Gasteiger partial charge is 0.333 e. The van der Waals surface area contributed by atoms with E-state index in [0.717, 1.165) is 17.4 Å². The van der Waals surface area contributed by atoms with Gasteiger partial charge in [0.2, 0.25) is 5.91 Å². The zero-order valence-corrected chi connectivity index (χ0v) is 17.4. The Kier molecular flexibility index (Phi) is 7.68. The minimum Gasteiger partial charge on any atom is -0.383 e. The van der Waals surface area contributed by atoms with Crippen molar-refractivity contribution < 1.29 is 9.53 Å². The molecule has 1 aliphatic rings. The van der Waals surface area contributed by atoms with Gasteiger partial charge in [-0.2, -0.15) is 0 Å². The number of anilines is 2. The molecule has 1 aliphatic heterocycles. The molecule has 1 aromatic heterocycles. The summed E-state index contributed by atoms with van der Waals surface area (Å²) in [6.07, 6.45) is 1.63. The van der Waals surface area contributed by atoms with Crippen molar-refractivity contribution in [1.29, 1.82) is 0 Å². The second-order valence-electron chi connectivity index (χ2n) is 7.61. The quantitative estimate of drug-likeness (QED) is 0.659. The molecule has 1 aromatic rings. The summed E-state index contributed by atoms with van der Waals surface area (Å²) < 4.78 is 7.77. The fourth-order valence-electron chi connectivity index (χ4n) is 3.07. The molecule has 0 spiro atoms. The molecule has 0 aliphatic carbocycles. The third kappa shape index (κ3) is 4.95. The summed E-state index contributed by atoms with van der Waals surface area (Å²) in [7, 11) is 0. The number of nitrogens with zero attached hydrogens (tertiary/aromatic N) is 3. The molecular weight excluding hydrogens is 362 g/mol. The van der Waals surface area contributed by atoms with Crippen LogP contribution in [-0.4, -0.2) is 47.4 Å². The number of nitrogens with one attached hydrogen (secondary N) is 1. The van der Waals surface area contributed by atoms with Gasteiger partial charge < -0.3 is 20.7 Å². The highest BCUT2D eigenvalue weighted by Gasteiger charge is 2.24. The van der Waals surface area contributed by atoms with Gasteiger partial charge in [0.15, 0.2) is 0 Å². The van der Waals surface area contributed by atoms with Gasteiger partial charge in [0, 0.05) is 25.7 Å². The lowest BCUT2D eigenvalue weighted by Crippen LogP contribution is -2.49. The Hall–Kier alpha value is -2.29. The van der Waals surface area contributed by atoms with E-state index in [4.69, 9.17) is 10.5 Å².